The van der Waals surface area contributed by atoms with Crippen LogP contribution in [0.1, 0.15) is 24.3 Å². The highest BCUT2D eigenvalue weighted by molar-refractivity contribution is 6.35. The number of carbonyl (C=O) groups is 1. The molecule has 2 aromatic rings. The lowest BCUT2D eigenvalue weighted by Gasteiger charge is -2.21. The van der Waals surface area contributed by atoms with E-state index in [1.54, 1.807) is 13.2 Å². The quantitative estimate of drug-likeness (QED) is 0.922. The SMILES string of the molecule is COCC(NC(=O)c1cc(Cl)c2ccccc2n1)C(C)C. The van der Waals surface area contributed by atoms with Crippen LogP contribution in [0, 0.1) is 5.92 Å². The van der Waals surface area contributed by atoms with Gasteiger partial charge in [0.15, 0.2) is 0 Å². The second kappa shape index (κ2) is 6.87. The molecule has 1 N–H and O–H groups in total. The third-order valence-electron chi connectivity index (χ3n) is 3.37. The molecule has 0 aliphatic rings. The minimum atomic E-state index is -0.238. The van der Waals surface area contributed by atoms with Crippen molar-refractivity contribution >= 4 is 28.4 Å². The van der Waals surface area contributed by atoms with Gasteiger partial charge in [-0.15, -0.1) is 0 Å². The number of amides is 1. The fourth-order valence-corrected chi connectivity index (χ4v) is 2.34. The van der Waals surface area contributed by atoms with E-state index in [-0.39, 0.29) is 17.9 Å². The fraction of sp³-hybridized carbons (Fsp3) is 0.375. The van der Waals surface area contributed by atoms with Gasteiger partial charge in [0.05, 0.1) is 23.2 Å². The molecule has 21 heavy (non-hydrogen) atoms. The highest BCUT2D eigenvalue weighted by atomic mass is 35.5. The second-order valence-electron chi connectivity index (χ2n) is 5.29. The van der Waals surface area contributed by atoms with Crippen molar-refractivity contribution in [3.8, 4) is 0 Å². The number of rotatable bonds is 5. The largest absolute Gasteiger partial charge is 0.383 e. The van der Waals surface area contributed by atoms with E-state index in [9.17, 15) is 4.79 Å². The molecule has 112 valence electrons. The Morgan fingerprint density at radius 1 is 1.38 bits per heavy atom. The highest BCUT2D eigenvalue weighted by Crippen LogP contribution is 2.22. The molecule has 1 atom stereocenters. The van der Waals surface area contributed by atoms with Gasteiger partial charge in [0.25, 0.3) is 5.91 Å². The Morgan fingerprint density at radius 3 is 2.76 bits per heavy atom. The number of halogens is 1. The van der Waals surface area contributed by atoms with E-state index in [4.69, 9.17) is 16.3 Å². The predicted molar refractivity (Wildman–Crippen MR) is 84.7 cm³/mol. The van der Waals surface area contributed by atoms with Crippen molar-refractivity contribution in [3.63, 3.8) is 0 Å². The number of hydrogen-bond donors (Lipinski definition) is 1. The molecule has 1 aromatic carbocycles. The number of para-hydroxylation sites is 1. The summed E-state index contributed by atoms with van der Waals surface area (Å²) in [5, 5.41) is 4.31. The van der Waals surface area contributed by atoms with Crippen molar-refractivity contribution < 1.29 is 9.53 Å². The molecule has 0 aliphatic carbocycles. The van der Waals surface area contributed by atoms with Gasteiger partial charge in [0.1, 0.15) is 5.69 Å². The van der Waals surface area contributed by atoms with Crippen LogP contribution in [0.25, 0.3) is 10.9 Å². The van der Waals surface area contributed by atoms with Crippen LogP contribution in [0.5, 0.6) is 0 Å². The van der Waals surface area contributed by atoms with E-state index in [0.29, 0.717) is 22.8 Å². The molecule has 0 bridgehead atoms. The zero-order valence-corrected chi connectivity index (χ0v) is 13.1. The minimum absolute atomic E-state index is 0.0606. The molecule has 1 amide bonds. The molecular weight excluding hydrogens is 288 g/mol. The summed E-state index contributed by atoms with van der Waals surface area (Å²) < 4.78 is 5.13. The number of carbonyl (C=O) groups excluding carboxylic acids is 1. The molecule has 0 saturated carbocycles. The van der Waals surface area contributed by atoms with Crippen molar-refractivity contribution in [1.82, 2.24) is 10.3 Å². The molecule has 0 saturated heterocycles. The van der Waals surface area contributed by atoms with E-state index in [1.807, 2.05) is 38.1 Å². The lowest BCUT2D eigenvalue weighted by molar-refractivity contribution is 0.0862. The zero-order chi connectivity index (χ0) is 15.4. The first-order valence-corrected chi connectivity index (χ1v) is 7.25. The van der Waals surface area contributed by atoms with E-state index < -0.39 is 0 Å². The number of aromatic nitrogens is 1. The number of methoxy groups -OCH3 is 1. The Hall–Kier alpha value is -1.65. The van der Waals surface area contributed by atoms with E-state index in [1.165, 1.54) is 0 Å². The summed E-state index contributed by atoms with van der Waals surface area (Å²) in [6.45, 7) is 4.53. The number of ether oxygens (including phenoxy) is 1. The zero-order valence-electron chi connectivity index (χ0n) is 12.4. The normalized spacial score (nSPS) is 12.6. The molecule has 5 heteroatoms. The molecular formula is C16H19ClN2O2. The van der Waals surface area contributed by atoms with Crippen LogP contribution in [0.15, 0.2) is 30.3 Å². The van der Waals surface area contributed by atoms with E-state index in [2.05, 4.69) is 10.3 Å². The number of nitrogens with zero attached hydrogens (tertiary/aromatic N) is 1. The molecule has 1 aromatic heterocycles. The van der Waals surface area contributed by atoms with Crippen molar-refractivity contribution in [3.05, 3.63) is 41.0 Å². The average molecular weight is 307 g/mol. The fourth-order valence-electron chi connectivity index (χ4n) is 2.07. The summed E-state index contributed by atoms with van der Waals surface area (Å²) in [6.07, 6.45) is 0. The van der Waals surface area contributed by atoms with Gasteiger partial charge in [0.2, 0.25) is 0 Å². The summed E-state index contributed by atoms with van der Waals surface area (Å²) in [5.41, 5.74) is 1.03. The lowest BCUT2D eigenvalue weighted by atomic mass is 10.1. The van der Waals surface area contributed by atoms with Gasteiger partial charge >= 0.3 is 0 Å². The number of pyridine rings is 1. The maximum Gasteiger partial charge on any atom is 0.270 e. The second-order valence-corrected chi connectivity index (χ2v) is 5.69. The summed E-state index contributed by atoms with van der Waals surface area (Å²) >= 11 is 6.22. The highest BCUT2D eigenvalue weighted by Gasteiger charge is 2.18. The van der Waals surface area contributed by atoms with Crippen molar-refractivity contribution in [2.24, 2.45) is 5.92 Å². The van der Waals surface area contributed by atoms with Crippen LogP contribution in [0.4, 0.5) is 0 Å². The van der Waals surface area contributed by atoms with Crippen LogP contribution < -0.4 is 5.32 Å². The molecule has 1 unspecified atom stereocenters. The van der Waals surface area contributed by atoms with Crippen LogP contribution in [-0.4, -0.2) is 30.6 Å². The summed E-state index contributed by atoms with van der Waals surface area (Å²) in [7, 11) is 1.62. The molecule has 0 radical (unpaired) electrons. The topological polar surface area (TPSA) is 51.2 Å². The summed E-state index contributed by atoms with van der Waals surface area (Å²) in [5.74, 6) is 0.0308. The first kappa shape index (κ1) is 15.7. The standard InChI is InChI=1S/C16H19ClN2O2/c1-10(2)15(9-21-3)19-16(20)14-8-12(17)11-6-4-5-7-13(11)18-14/h4-8,10,15H,9H2,1-3H3,(H,19,20). The average Bonchev–Trinajstić information content (AvgIpc) is 2.46. The Bertz CT molecular complexity index is 643. The number of hydrogen-bond acceptors (Lipinski definition) is 3. The van der Waals surface area contributed by atoms with Gasteiger partial charge in [-0.2, -0.15) is 0 Å². The van der Waals surface area contributed by atoms with Gasteiger partial charge < -0.3 is 10.1 Å². The minimum Gasteiger partial charge on any atom is -0.383 e. The molecule has 0 spiro atoms. The Labute approximate surface area is 129 Å². The van der Waals surface area contributed by atoms with Crippen molar-refractivity contribution in [1.29, 1.82) is 0 Å². The van der Waals surface area contributed by atoms with Crippen LogP contribution in [0.3, 0.4) is 0 Å². The van der Waals surface area contributed by atoms with Gasteiger partial charge in [-0.05, 0) is 18.1 Å². The van der Waals surface area contributed by atoms with Crippen LogP contribution in [-0.2, 0) is 4.74 Å². The van der Waals surface area contributed by atoms with Gasteiger partial charge in [-0.25, -0.2) is 4.98 Å². The first-order chi connectivity index (χ1) is 10.0. The van der Waals surface area contributed by atoms with Gasteiger partial charge in [0, 0.05) is 12.5 Å². The smallest absolute Gasteiger partial charge is 0.270 e. The Balaban J connectivity index is 2.27. The third kappa shape index (κ3) is 3.71. The molecule has 0 aliphatic heterocycles. The Morgan fingerprint density at radius 2 is 2.10 bits per heavy atom. The van der Waals surface area contributed by atoms with Crippen molar-refractivity contribution in [2.75, 3.05) is 13.7 Å². The summed E-state index contributed by atoms with van der Waals surface area (Å²) in [4.78, 5) is 16.7. The van der Waals surface area contributed by atoms with E-state index in [0.717, 1.165) is 5.39 Å². The lowest BCUT2D eigenvalue weighted by Crippen LogP contribution is -2.41. The molecule has 2 rings (SSSR count). The first-order valence-electron chi connectivity index (χ1n) is 6.88. The summed E-state index contributed by atoms with van der Waals surface area (Å²) in [6, 6.07) is 9.03. The van der Waals surface area contributed by atoms with Crippen LogP contribution >= 0.6 is 11.6 Å². The maximum atomic E-state index is 12.3. The van der Waals surface area contributed by atoms with E-state index >= 15 is 0 Å². The van der Waals surface area contributed by atoms with Gasteiger partial charge in [-0.3, -0.25) is 4.79 Å². The molecule has 1 heterocycles. The predicted octanol–water partition coefficient (Wildman–Crippen LogP) is 3.29. The molecule has 0 fully saturated rings. The van der Waals surface area contributed by atoms with Crippen molar-refractivity contribution in [2.45, 2.75) is 19.9 Å². The van der Waals surface area contributed by atoms with Gasteiger partial charge in [-0.1, -0.05) is 43.6 Å². The number of benzene rings is 1. The number of fused-ring (bicyclic) bond motifs is 1. The number of nitrogens with one attached hydrogen (secondary N) is 1. The Kier molecular flexibility index (Phi) is 5.15. The van der Waals surface area contributed by atoms with Crippen LogP contribution in [0.2, 0.25) is 5.02 Å². The molecule has 4 nitrogen and oxygen atoms in total. The maximum absolute atomic E-state index is 12.3. The third-order valence-corrected chi connectivity index (χ3v) is 3.68. The monoisotopic (exact) mass is 306 g/mol.